The van der Waals surface area contributed by atoms with Crippen LogP contribution in [0.5, 0.6) is 0 Å². The minimum Gasteiger partial charge on any atom is -0.388 e. The number of aliphatic hydroxyl groups excluding tert-OH is 1. The summed E-state index contributed by atoms with van der Waals surface area (Å²) in [5, 5.41) is 14.3. The molecular weight excluding hydrogens is 319 g/mol. The summed E-state index contributed by atoms with van der Waals surface area (Å²) in [6.45, 7) is 1.99. The highest BCUT2D eigenvalue weighted by Gasteiger charge is 2.13. The predicted octanol–water partition coefficient (Wildman–Crippen LogP) is 2.24. The smallest absolute Gasteiger partial charge is 0.313 e. The van der Waals surface area contributed by atoms with Crippen molar-refractivity contribution in [3.63, 3.8) is 0 Å². The van der Waals surface area contributed by atoms with Gasteiger partial charge in [-0.3, -0.25) is 9.59 Å². The molecule has 1 atom stereocenters. The van der Waals surface area contributed by atoms with Crippen LogP contribution in [0.1, 0.15) is 22.8 Å². The van der Waals surface area contributed by atoms with Gasteiger partial charge in [-0.1, -0.05) is 6.07 Å². The molecule has 0 spiro atoms. The lowest BCUT2D eigenvalue weighted by molar-refractivity contribution is -0.136. The van der Waals surface area contributed by atoms with Crippen molar-refractivity contribution < 1.29 is 19.1 Å². The first kappa shape index (κ1) is 17.1. The van der Waals surface area contributed by atoms with Crippen LogP contribution in [-0.2, 0) is 16.0 Å². The van der Waals surface area contributed by atoms with Crippen LogP contribution < -0.4 is 10.6 Å². The molecule has 2 amide bonds. The Kier molecular flexibility index (Phi) is 5.84. The second-order valence-corrected chi connectivity index (χ2v) is 6.15. The number of amides is 2. The fourth-order valence-electron chi connectivity index (χ4n) is 1.89. The Labute approximate surface area is 137 Å². The largest absolute Gasteiger partial charge is 0.388 e. The zero-order valence-electron chi connectivity index (χ0n) is 12.5. The average molecular weight is 336 g/mol. The summed E-state index contributed by atoms with van der Waals surface area (Å²) in [6.07, 6.45) is 0.0523. The zero-order valence-corrected chi connectivity index (χ0v) is 13.3. The van der Waals surface area contributed by atoms with Crippen molar-refractivity contribution in [2.75, 3.05) is 11.9 Å². The van der Waals surface area contributed by atoms with E-state index in [-0.39, 0.29) is 5.69 Å². The molecule has 1 heterocycles. The van der Waals surface area contributed by atoms with Gasteiger partial charge in [0.1, 0.15) is 5.82 Å². The van der Waals surface area contributed by atoms with Gasteiger partial charge in [0, 0.05) is 22.0 Å². The Morgan fingerprint density at radius 1 is 1.26 bits per heavy atom. The third kappa shape index (κ3) is 5.15. The lowest BCUT2D eigenvalue weighted by Gasteiger charge is -2.06. The van der Waals surface area contributed by atoms with Gasteiger partial charge in [-0.05, 0) is 43.7 Å². The van der Waals surface area contributed by atoms with Crippen molar-refractivity contribution in [3.05, 3.63) is 52.0 Å². The third-order valence-electron chi connectivity index (χ3n) is 3.04. The highest BCUT2D eigenvalue weighted by atomic mass is 32.1. The summed E-state index contributed by atoms with van der Waals surface area (Å²) in [7, 11) is 0. The number of carbonyl (C=O) groups is 2. The SMILES string of the molecule is C[C@H](O)c1ccc(CCNC(=O)C(=O)Nc2cccc(F)c2)s1. The molecule has 0 bridgehead atoms. The van der Waals surface area contributed by atoms with E-state index in [2.05, 4.69) is 10.6 Å². The van der Waals surface area contributed by atoms with E-state index in [1.807, 2.05) is 12.1 Å². The van der Waals surface area contributed by atoms with Gasteiger partial charge in [0.05, 0.1) is 6.10 Å². The van der Waals surface area contributed by atoms with Crippen molar-refractivity contribution in [3.8, 4) is 0 Å². The predicted molar refractivity (Wildman–Crippen MR) is 86.7 cm³/mol. The van der Waals surface area contributed by atoms with Crippen LogP contribution in [0.25, 0.3) is 0 Å². The van der Waals surface area contributed by atoms with E-state index < -0.39 is 23.7 Å². The average Bonchev–Trinajstić information content (AvgIpc) is 2.96. The molecule has 0 aliphatic rings. The Morgan fingerprint density at radius 3 is 2.70 bits per heavy atom. The number of rotatable bonds is 5. The fraction of sp³-hybridized carbons (Fsp3) is 0.250. The van der Waals surface area contributed by atoms with Gasteiger partial charge < -0.3 is 15.7 Å². The number of halogens is 1. The number of carbonyl (C=O) groups excluding carboxylic acids is 2. The summed E-state index contributed by atoms with van der Waals surface area (Å²) < 4.78 is 13.0. The standard InChI is InChI=1S/C16H17FN2O3S/c1-10(20)14-6-5-13(23-14)7-8-18-15(21)16(22)19-12-4-2-3-11(17)9-12/h2-6,9-10,20H,7-8H2,1H3,(H,18,21)(H,19,22)/t10-/m0/s1. The van der Waals surface area contributed by atoms with Crippen LogP contribution in [-0.4, -0.2) is 23.5 Å². The highest BCUT2D eigenvalue weighted by molar-refractivity contribution is 7.12. The van der Waals surface area contributed by atoms with Crippen molar-refractivity contribution in [1.29, 1.82) is 0 Å². The molecule has 1 aromatic carbocycles. The van der Waals surface area contributed by atoms with Gasteiger partial charge in [0.15, 0.2) is 0 Å². The van der Waals surface area contributed by atoms with Crippen molar-refractivity contribution in [1.82, 2.24) is 5.32 Å². The van der Waals surface area contributed by atoms with Gasteiger partial charge in [-0.2, -0.15) is 0 Å². The number of hydrogen-bond acceptors (Lipinski definition) is 4. The Hall–Kier alpha value is -2.25. The topological polar surface area (TPSA) is 78.4 Å². The van der Waals surface area contributed by atoms with Gasteiger partial charge in [-0.15, -0.1) is 11.3 Å². The van der Waals surface area contributed by atoms with E-state index in [1.54, 1.807) is 6.92 Å². The molecule has 122 valence electrons. The van der Waals surface area contributed by atoms with Crippen LogP contribution in [0.15, 0.2) is 36.4 Å². The molecule has 0 unspecified atom stereocenters. The third-order valence-corrected chi connectivity index (χ3v) is 4.36. The number of hydrogen-bond donors (Lipinski definition) is 3. The zero-order chi connectivity index (χ0) is 16.8. The summed E-state index contributed by atoms with van der Waals surface area (Å²) in [5.41, 5.74) is 0.227. The first-order valence-corrected chi connectivity index (χ1v) is 7.89. The molecule has 5 nitrogen and oxygen atoms in total. The van der Waals surface area contributed by atoms with Crippen molar-refractivity contribution in [2.24, 2.45) is 0 Å². The molecule has 23 heavy (non-hydrogen) atoms. The first-order valence-electron chi connectivity index (χ1n) is 7.07. The number of nitrogens with one attached hydrogen (secondary N) is 2. The van der Waals surface area contributed by atoms with E-state index >= 15 is 0 Å². The van der Waals surface area contributed by atoms with E-state index in [9.17, 15) is 19.1 Å². The number of benzene rings is 1. The minimum atomic E-state index is -0.841. The van der Waals surface area contributed by atoms with Gasteiger partial charge >= 0.3 is 11.8 Å². The van der Waals surface area contributed by atoms with E-state index in [0.717, 1.165) is 15.8 Å². The molecule has 2 rings (SSSR count). The lowest BCUT2D eigenvalue weighted by Crippen LogP contribution is -2.36. The van der Waals surface area contributed by atoms with Gasteiger partial charge in [-0.25, -0.2) is 4.39 Å². The number of aliphatic hydroxyl groups is 1. The second-order valence-electron chi connectivity index (χ2n) is 4.95. The summed E-state index contributed by atoms with van der Waals surface area (Å²) >= 11 is 1.46. The molecule has 0 fully saturated rings. The summed E-state index contributed by atoms with van der Waals surface area (Å²) in [5.74, 6) is -2.11. The summed E-state index contributed by atoms with van der Waals surface area (Å²) in [4.78, 5) is 25.2. The van der Waals surface area contributed by atoms with Crippen LogP contribution in [0, 0.1) is 5.82 Å². The van der Waals surface area contributed by atoms with E-state index in [1.165, 1.54) is 29.5 Å². The molecule has 0 radical (unpaired) electrons. The lowest BCUT2D eigenvalue weighted by atomic mass is 10.3. The Bertz CT molecular complexity index is 700. The van der Waals surface area contributed by atoms with Gasteiger partial charge in [0.2, 0.25) is 0 Å². The van der Waals surface area contributed by atoms with E-state index in [4.69, 9.17) is 0 Å². The maximum atomic E-state index is 13.0. The van der Waals surface area contributed by atoms with Crippen LogP contribution in [0.2, 0.25) is 0 Å². The number of anilines is 1. The Balaban J connectivity index is 1.78. The second kappa shape index (κ2) is 7.85. The maximum Gasteiger partial charge on any atom is 0.313 e. The molecule has 7 heteroatoms. The Morgan fingerprint density at radius 2 is 2.04 bits per heavy atom. The maximum absolute atomic E-state index is 13.0. The quantitative estimate of drug-likeness (QED) is 0.733. The molecule has 0 saturated heterocycles. The number of thiophene rings is 1. The molecule has 0 aliphatic carbocycles. The fourth-order valence-corrected chi connectivity index (χ4v) is 2.84. The molecule has 2 aromatic rings. The van der Waals surface area contributed by atoms with Gasteiger partial charge in [0.25, 0.3) is 0 Å². The van der Waals surface area contributed by atoms with Crippen molar-refractivity contribution >= 4 is 28.8 Å². The molecule has 1 aromatic heterocycles. The molecule has 3 N–H and O–H groups in total. The highest BCUT2D eigenvalue weighted by Crippen LogP contribution is 2.22. The first-order chi connectivity index (χ1) is 11.0. The monoisotopic (exact) mass is 336 g/mol. The van der Waals surface area contributed by atoms with E-state index in [0.29, 0.717) is 13.0 Å². The molecule has 0 aliphatic heterocycles. The van der Waals surface area contributed by atoms with Crippen molar-refractivity contribution in [2.45, 2.75) is 19.4 Å². The van der Waals surface area contributed by atoms with Crippen LogP contribution in [0.3, 0.4) is 0 Å². The normalized spacial score (nSPS) is 11.8. The van der Waals surface area contributed by atoms with Crippen LogP contribution >= 0.6 is 11.3 Å². The molecular formula is C16H17FN2O3S. The molecule has 0 saturated carbocycles. The summed E-state index contributed by atoms with van der Waals surface area (Å²) in [6, 6.07) is 9.04. The van der Waals surface area contributed by atoms with Crippen LogP contribution in [0.4, 0.5) is 10.1 Å². The minimum absolute atomic E-state index is 0.227.